The summed E-state index contributed by atoms with van der Waals surface area (Å²) in [5, 5.41) is 3.25. The number of amides is 2. The van der Waals surface area contributed by atoms with Gasteiger partial charge in [-0.25, -0.2) is 8.42 Å². The molecule has 1 N–H and O–H groups in total. The summed E-state index contributed by atoms with van der Waals surface area (Å²) in [6.45, 7) is 1.61. The van der Waals surface area contributed by atoms with Crippen LogP contribution in [0, 0.1) is 0 Å². The van der Waals surface area contributed by atoms with Crippen molar-refractivity contribution in [1.82, 2.24) is 10.2 Å². The smallest absolute Gasteiger partial charge is 0.264 e. The minimum Gasteiger partial charge on any atom is -0.493 e. The van der Waals surface area contributed by atoms with Gasteiger partial charge in [-0.15, -0.1) is 0 Å². The third-order valence-corrected chi connectivity index (χ3v) is 9.72. The Labute approximate surface area is 283 Å². The number of likely N-dealkylation sites (N-methyl/N-ethyl adjacent to an activating group) is 1. The Kier molecular flexibility index (Phi) is 12.1. The number of hydrogen-bond acceptors (Lipinski definition) is 6. The third kappa shape index (κ3) is 8.60. The molecule has 12 heteroatoms. The number of methoxy groups -OCH3 is 2. The number of carbonyl (C=O) groups excluding carboxylic acids is 2. The number of nitrogens with one attached hydrogen (secondary N) is 1. The first-order valence-corrected chi connectivity index (χ1v) is 17.0. The molecular formula is C34H35BrClN3O6S. The molecular weight excluding hydrogens is 694 g/mol. The lowest BCUT2D eigenvalue weighted by atomic mass is 10.0. The maximum atomic E-state index is 14.5. The van der Waals surface area contributed by atoms with E-state index in [-0.39, 0.29) is 35.2 Å². The number of benzene rings is 4. The van der Waals surface area contributed by atoms with E-state index in [0.29, 0.717) is 17.3 Å². The van der Waals surface area contributed by atoms with Crippen molar-refractivity contribution >= 4 is 55.1 Å². The summed E-state index contributed by atoms with van der Waals surface area (Å²) in [4.78, 5) is 29.4. The van der Waals surface area contributed by atoms with Gasteiger partial charge in [0.05, 0.1) is 24.8 Å². The number of carbonyl (C=O) groups is 2. The van der Waals surface area contributed by atoms with Crippen LogP contribution in [0.5, 0.6) is 11.5 Å². The zero-order chi connectivity index (χ0) is 33.3. The molecule has 0 unspecified atom stereocenters. The highest BCUT2D eigenvalue weighted by Crippen LogP contribution is 2.33. The van der Waals surface area contributed by atoms with Gasteiger partial charge < -0.3 is 19.7 Å². The molecule has 4 aromatic carbocycles. The van der Waals surface area contributed by atoms with Crippen LogP contribution in [-0.2, 0) is 32.6 Å². The van der Waals surface area contributed by atoms with Crippen LogP contribution in [0.3, 0.4) is 0 Å². The van der Waals surface area contributed by atoms with Crippen LogP contribution >= 0.6 is 27.5 Å². The molecule has 0 spiro atoms. The van der Waals surface area contributed by atoms with E-state index in [1.165, 1.54) is 49.5 Å². The number of ether oxygens (including phenoxy) is 2. The predicted molar refractivity (Wildman–Crippen MR) is 183 cm³/mol. The lowest BCUT2D eigenvalue weighted by Gasteiger charge is -2.34. The summed E-state index contributed by atoms with van der Waals surface area (Å²) < 4.78 is 41.0. The minimum atomic E-state index is -4.35. The first-order chi connectivity index (χ1) is 22.1. The molecule has 4 aromatic rings. The van der Waals surface area contributed by atoms with E-state index in [1.807, 2.05) is 54.6 Å². The van der Waals surface area contributed by atoms with Gasteiger partial charge in [0.15, 0.2) is 11.5 Å². The summed E-state index contributed by atoms with van der Waals surface area (Å²) in [6.07, 6.45) is 0.218. The highest BCUT2D eigenvalue weighted by molar-refractivity contribution is 9.10. The molecule has 0 aliphatic carbocycles. The summed E-state index contributed by atoms with van der Waals surface area (Å²) in [7, 11) is -1.49. The molecule has 0 aromatic heterocycles. The van der Waals surface area contributed by atoms with Crippen LogP contribution in [0.25, 0.3) is 0 Å². The van der Waals surface area contributed by atoms with Crippen LogP contribution in [-0.4, -0.2) is 58.5 Å². The summed E-state index contributed by atoms with van der Waals surface area (Å²) in [5.74, 6) is -0.371. The van der Waals surface area contributed by atoms with Gasteiger partial charge in [-0.05, 0) is 66.6 Å². The molecule has 9 nitrogen and oxygen atoms in total. The molecule has 0 aliphatic rings. The Morgan fingerprint density at radius 1 is 0.870 bits per heavy atom. The fourth-order valence-corrected chi connectivity index (χ4v) is 6.92. The van der Waals surface area contributed by atoms with E-state index < -0.39 is 28.5 Å². The molecule has 0 saturated carbocycles. The highest BCUT2D eigenvalue weighted by Gasteiger charge is 2.35. The number of sulfonamides is 1. The molecule has 0 heterocycles. The third-order valence-electron chi connectivity index (χ3n) is 7.20. The van der Waals surface area contributed by atoms with Crippen LogP contribution in [0.4, 0.5) is 5.69 Å². The van der Waals surface area contributed by atoms with Crippen molar-refractivity contribution in [2.24, 2.45) is 0 Å². The van der Waals surface area contributed by atoms with E-state index in [0.717, 1.165) is 19.9 Å². The monoisotopic (exact) mass is 727 g/mol. The molecule has 0 fully saturated rings. The zero-order valence-electron chi connectivity index (χ0n) is 25.7. The second-order valence-corrected chi connectivity index (χ2v) is 13.5. The molecule has 0 saturated heterocycles. The van der Waals surface area contributed by atoms with Crippen LogP contribution in [0.15, 0.2) is 106 Å². The quantitative estimate of drug-likeness (QED) is 0.169. The van der Waals surface area contributed by atoms with Gasteiger partial charge >= 0.3 is 0 Å². The van der Waals surface area contributed by atoms with Gasteiger partial charge in [0.1, 0.15) is 12.6 Å². The van der Waals surface area contributed by atoms with Crippen LogP contribution in [0.2, 0.25) is 5.02 Å². The van der Waals surface area contributed by atoms with Crippen molar-refractivity contribution in [3.05, 3.63) is 118 Å². The largest absolute Gasteiger partial charge is 0.493 e. The lowest BCUT2D eigenvalue weighted by Crippen LogP contribution is -2.53. The highest BCUT2D eigenvalue weighted by atomic mass is 79.9. The van der Waals surface area contributed by atoms with Crippen molar-refractivity contribution in [2.75, 3.05) is 31.6 Å². The summed E-state index contributed by atoms with van der Waals surface area (Å²) in [5.41, 5.74) is 1.82. The fourth-order valence-electron chi connectivity index (χ4n) is 4.92. The van der Waals surface area contributed by atoms with Crippen molar-refractivity contribution in [3.63, 3.8) is 0 Å². The van der Waals surface area contributed by atoms with Crippen LogP contribution in [0.1, 0.15) is 18.1 Å². The van der Waals surface area contributed by atoms with E-state index in [2.05, 4.69) is 21.2 Å². The van der Waals surface area contributed by atoms with Crippen molar-refractivity contribution in [3.8, 4) is 11.5 Å². The topological polar surface area (TPSA) is 105 Å². The molecule has 0 bridgehead atoms. The maximum Gasteiger partial charge on any atom is 0.264 e. The van der Waals surface area contributed by atoms with Gasteiger partial charge in [-0.3, -0.25) is 13.9 Å². The Morgan fingerprint density at radius 2 is 1.54 bits per heavy atom. The van der Waals surface area contributed by atoms with Gasteiger partial charge in [0.25, 0.3) is 10.0 Å². The Bertz CT molecular complexity index is 1760. The zero-order valence-corrected chi connectivity index (χ0v) is 28.8. The summed E-state index contributed by atoms with van der Waals surface area (Å²) in [6, 6.07) is 26.2. The molecule has 4 rings (SSSR count). The standard InChI is InChI=1S/C34H35BrClN3O6S/c1-4-37-34(41)30(20-24-9-6-5-7-10-24)38(22-25-11-8-12-26(35)19-25)33(40)23-39(28-15-13-27(36)14-16-28)46(42,43)29-17-18-31(44-2)32(21-29)45-3/h5-19,21,30H,4,20,22-23H2,1-3H3,(H,37,41)/t30-/m0/s1. The molecule has 2 amide bonds. The SMILES string of the molecule is CCNC(=O)[C@H](Cc1ccccc1)N(Cc1cccc(Br)c1)C(=O)CN(c1ccc(Cl)cc1)S(=O)(=O)c1ccc(OC)c(OC)c1. The first-order valence-electron chi connectivity index (χ1n) is 14.4. The van der Waals surface area contributed by atoms with Gasteiger partial charge in [0, 0.05) is 35.1 Å². The van der Waals surface area contributed by atoms with E-state index in [4.69, 9.17) is 21.1 Å². The predicted octanol–water partition coefficient (Wildman–Crippen LogP) is 6.09. The van der Waals surface area contributed by atoms with Gasteiger partial charge in [0.2, 0.25) is 11.8 Å². The average molecular weight is 729 g/mol. The van der Waals surface area contributed by atoms with Crippen molar-refractivity contribution < 1.29 is 27.5 Å². The maximum absolute atomic E-state index is 14.5. The minimum absolute atomic E-state index is 0.0533. The second kappa shape index (κ2) is 16.0. The van der Waals surface area contributed by atoms with E-state index in [1.54, 1.807) is 19.1 Å². The van der Waals surface area contributed by atoms with Gasteiger partial charge in [-0.1, -0.05) is 70.0 Å². The Morgan fingerprint density at radius 3 is 2.17 bits per heavy atom. The number of hydrogen-bond donors (Lipinski definition) is 1. The van der Waals surface area contributed by atoms with Gasteiger partial charge in [-0.2, -0.15) is 0 Å². The lowest BCUT2D eigenvalue weighted by molar-refractivity contribution is -0.140. The molecule has 1 atom stereocenters. The molecule has 242 valence electrons. The number of halogens is 2. The van der Waals surface area contributed by atoms with E-state index >= 15 is 0 Å². The number of nitrogens with zero attached hydrogens (tertiary/aromatic N) is 2. The molecule has 0 radical (unpaired) electrons. The Hall–Kier alpha value is -4.06. The normalized spacial score (nSPS) is 11.8. The Balaban J connectivity index is 1.82. The van der Waals surface area contributed by atoms with Crippen LogP contribution < -0.4 is 19.1 Å². The molecule has 0 aliphatic heterocycles. The van der Waals surface area contributed by atoms with E-state index in [9.17, 15) is 18.0 Å². The fraction of sp³-hybridized carbons (Fsp3) is 0.235. The second-order valence-electron chi connectivity index (χ2n) is 10.3. The van der Waals surface area contributed by atoms with Crippen molar-refractivity contribution in [1.29, 1.82) is 0 Å². The summed E-state index contributed by atoms with van der Waals surface area (Å²) >= 11 is 9.63. The van der Waals surface area contributed by atoms with Crippen molar-refractivity contribution in [2.45, 2.75) is 30.8 Å². The molecule has 46 heavy (non-hydrogen) atoms. The first kappa shape index (κ1) is 34.8. The number of anilines is 1. The average Bonchev–Trinajstić information content (AvgIpc) is 3.05. The number of rotatable bonds is 14.